The Morgan fingerprint density at radius 1 is 1.04 bits per heavy atom. The summed E-state index contributed by atoms with van der Waals surface area (Å²) < 4.78 is 10.6. The highest BCUT2D eigenvalue weighted by atomic mass is 16.5. The minimum atomic E-state index is 0.340. The Morgan fingerprint density at radius 2 is 1.78 bits per heavy atom. The first-order valence-corrected chi connectivity index (χ1v) is 9.25. The summed E-state index contributed by atoms with van der Waals surface area (Å²) in [6.45, 7) is 4.86. The molecule has 2 aromatic heterocycles. The van der Waals surface area contributed by atoms with Crippen LogP contribution in [0.2, 0.25) is 0 Å². The van der Waals surface area contributed by atoms with Crippen LogP contribution in [0.3, 0.4) is 0 Å². The Labute approximate surface area is 159 Å². The van der Waals surface area contributed by atoms with Gasteiger partial charge in [-0.25, -0.2) is 9.97 Å². The van der Waals surface area contributed by atoms with Crippen LogP contribution < -0.4 is 19.4 Å². The van der Waals surface area contributed by atoms with Gasteiger partial charge in [0.15, 0.2) is 0 Å². The summed E-state index contributed by atoms with van der Waals surface area (Å²) in [5.74, 6) is 3.00. The van der Waals surface area contributed by atoms with Gasteiger partial charge in [0.25, 0.3) is 0 Å². The summed E-state index contributed by atoms with van der Waals surface area (Å²) in [7, 11) is 3.71. The highest BCUT2D eigenvalue weighted by Gasteiger charge is 2.28. The van der Waals surface area contributed by atoms with E-state index in [2.05, 4.69) is 36.7 Å². The highest BCUT2D eigenvalue weighted by molar-refractivity contribution is 5.46. The van der Waals surface area contributed by atoms with E-state index in [1.54, 1.807) is 19.4 Å². The number of anilines is 3. The van der Waals surface area contributed by atoms with Gasteiger partial charge in [-0.2, -0.15) is 9.97 Å². The maximum atomic E-state index is 5.42. The molecule has 1 unspecified atom stereocenters. The van der Waals surface area contributed by atoms with Gasteiger partial charge < -0.3 is 24.2 Å². The molecule has 0 bridgehead atoms. The van der Waals surface area contributed by atoms with Crippen molar-refractivity contribution in [1.82, 2.24) is 19.9 Å². The number of ether oxygens (including phenoxy) is 2. The molecule has 2 aliphatic rings. The maximum Gasteiger partial charge on any atom is 0.228 e. The minimum absolute atomic E-state index is 0.340. The third-order valence-corrected chi connectivity index (χ3v) is 5.10. The molecule has 144 valence electrons. The lowest BCUT2D eigenvalue weighted by Crippen LogP contribution is -2.38. The first kappa shape index (κ1) is 17.7. The third kappa shape index (κ3) is 3.87. The molecule has 0 saturated carbocycles. The topological polar surface area (TPSA) is 79.7 Å². The molecule has 0 aliphatic carbocycles. The molecule has 4 heterocycles. The van der Waals surface area contributed by atoms with Gasteiger partial charge in [0.2, 0.25) is 17.8 Å². The zero-order valence-corrected chi connectivity index (χ0v) is 15.8. The average molecular weight is 371 g/mol. The van der Waals surface area contributed by atoms with E-state index >= 15 is 0 Å². The first-order valence-electron chi connectivity index (χ1n) is 9.25. The van der Waals surface area contributed by atoms with Crippen molar-refractivity contribution in [3.8, 4) is 5.88 Å². The largest absolute Gasteiger partial charge is 0.481 e. The Kier molecular flexibility index (Phi) is 5.19. The van der Waals surface area contributed by atoms with E-state index in [1.807, 2.05) is 12.3 Å². The Bertz CT molecular complexity index is 769. The molecule has 0 amide bonds. The standard InChI is InChI=1S/C18H25N7O2/c1-23(15-3-6-19-17(21-15)24-9-11-27-12-10-24)14-5-8-25(13-14)18-20-7-4-16(22-18)26-2/h3-4,6-7,14H,5,8-13H2,1-2H3. The Balaban J connectivity index is 1.44. The van der Waals surface area contributed by atoms with Crippen LogP contribution >= 0.6 is 0 Å². The second-order valence-corrected chi connectivity index (χ2v) is 6.71. The molecule has 0 spiro atoms. The van der Waals surface area contributed by atoms with E-state index < -0.39 is 0 Å². The zero-order chi connectivity index (χ0) is 18.6. The molecule has 2 aromatic rings. The van der Waals surface area contributed by atoms with Crippen molar-refractivity contribution in [2.45, 2.75) is 12.5 Å². The zero-order valence-electron chi connectivity index (χ0n) is 15.8. The van der Waals surface area contributed by atoms with Crippen molar-refractivity contribution in [2.24, 2.45) is 0 Å². The molecule has 0 radical (unpaired) electrons. The maximum absolute atomic E-state index is 5.42. The average Bonchev–Trinajstić information content (AvgIpc) is 3.24. The van der Waals surface area contributed by atoms with Crippen LogP contribution in [0.25, 0.3) is 0 Å². The van der Waals surface area contributed by atoms with Gasteiger partial charge in [-0.1, -0.05) is 0 Å². The normalized spacial score (nSPS) is 20.0. The van der Waals surface area contributed by atoms with Gasteiger partial charge in [0, 0.05) is 57.7 Å². The number of methoxy groups -OCH3 is 1. The van der Waals surface area contributed by atoms with Crippen LogP contribution in [0.5, 0.6) is 5.88 Å². The van der Waals surface area contributed by atoms with Crippen LogP contribution in [0.1, 0.15) is 6.42 Å². The molecule has 1 atom stereocenters. The fourth-order valence-corrected chi connectivity index (χ4v) is 3.48. The van der Waals surface area contributed by atoms with Crippen LogP contribution in [0.4, 0.5) is 17.7 Å². The molecule has 27 heavy (non-hydrogen) atoms. The number of hydrogen-bond donors (Lipinski definition) is 0. The monoisotopic (exact) mass is 371 g/mol. The van der Waals surface area contributed by atoms with Crippen molar-refractivity contribution in [3.63, 3.8) is 0 Å². The second kappa shape index (κ2) is 7.91. The van der Waals surface area contributed by atoms with Crippen molar-refractivity contribution in [3.05, 3.63) is 24.5 Å². The van der Waals surface area contributed by atoms with Crippen molar-refractivity contribution >= 4 is 17.7 Å². The summed E-state index contributed by atoms with van der Waals surface area (Å²) in [5, 5.41) is 0. The molecule has 9 nitrogen and oxygen atoms in total. The van der Waals surface area contributed by atoms with E-state index in [1.165, 1.54) is 0 Å². The lowest BCUT2D eigenvalue weighted by Gasteiger charge is -2.29. The van der Waals surface area contributed by atoms with E-state index in [-0.39, 0.29) is 0 Å². The number of nitrogens with zero attached hydrogens (tertiary/aromatic N) is 7. The lowest BCUT2D eigenvalue weighted by molar-refractivity contribution is 0.122. The van der Waals surface area contributed by atoms with Gasteiger partial charge >= 0.3 is 0 Å². The summed E-state index contributed by atoms with van der Waals surface area (Å²) in [6, 6.07) is 4.07. The molecule has 0 N–H and O–H groups in total. The van der Waals surface area contributed by atoms with E-state index in [0.29, 0.717) is 17.9 Å². The summed E-state index contributed by atoms with van der Waals surface area (Å²) in [6.07, 6.45) is 4.59. The number of aromatic nitrogens is 4. The predicted molar refractivity (Wildman–Crippen MR) is 103 cm³/mol. The summed E-state index contributed by atoms with van der Waals surface area (Å²) in [5.41, 5.74) is 0. The van der Waals surface area contributed by atoms with Crippen LogP contribution in [-0.2, 0) is 4.74 Å². The fraction of sp³-hybridized carbons (Fsp3) is 0.556. The molecule has 0 aromatic carbocycles. The third-order valence-electron chi connectivity index (χ3n) is 5.10. The molecule has 2 saturated heterocycles. The van der Waals surface area contributed by atoms with Crippen LogP contribution in [0.15, 0.2) is 24.5 Å². The fourth-order valence-electron chi connectivity index (χ4n) is 3.48. The molecule has 4 rings (SSSR count). The van der Waals surface area contributed by atoms with Gasteiger partial charge in [0.05, 0.1) is 20.3 Å². The molecule has 2 aliphatic heterocycles. The van der Waals surface area contributed by atoms with Crippen LogP contribution in [-0.4, -0.2) is 79.5 Å². The molecule has 9 heteroatoms. The molecular formula is C18H25N7O2. The number of hydrogen-bond acceptors (Lipinski definition) is 9. The van der Waals surface area contributed by atoms with Gasteiger partial charge in [-0.15, -0.1) is 0 Å². The van der Waals surface area contributed by atoms with Crippen molar-refractivity contribution in [2.75, 3.05) is 68.2 Å². The minimum Gasteiger partial charge on any atom is -0.481 e. The predicted octanol–water partition coefficient (Wildman–Crippen LogP) is 0.827. The number of likely N-dealkylation sites (N-methyl/N-ethyl adjacent to an activating group) is 1. The van der Waals surface area contributed by atoms with Crippen LogP contribution in [0, 0.1) is 0 Å². The number of morpholine rings is 1. The van der Waals surface area contributed by atoms with E-state index in [0.717, 1.165) is 57.6 Å². The Hall–Kier alpha value is -2.68. The SMILES string of the molecule is COc1ccnc(N2CCC(N(C)c3ccnc(N4CCOCC4)n3)C2)n1. The lowest BCUT2D eigenvalue weighted by atomic mass is 10.2. The van der Waals surface area contributed by atoms with Gasteiger partial charge in [0.1, 0.15) is 5.82 Å². The molecular weight excluding hydrogens is 346 g/mol. The summed E-state index contributed by atoms with van der Waals surface area (Å²) >= 11 is 0. The first-order chi connectivity index (χ1) is 13.2. The van der Waals surface area contributed by atoms with E-state index in [9.17, 15) is 0 Å². The quantitative estimate of drug-likeness (QED) is 0.759. The van der Waals surface area contributed by atoms with Gasteiger partial charge in [-0.05, 0) is 12.5 Å². The number of rotatable bonds is 5. The van der Waals surface area contributed by atoms with Crippen molar-refractivity contribution < 1.29 is 9.47 Å². The van der Waals surface area contributed by atoms with Crippen molar-refractivity contribution in [1.29, 1.82) is 0 Å². The highest BCUT2D eigenvalue weighted by Crippen LogP contribution is 2.24. The second-order valence-electron chi connectivity index (χ2n) is 6.71. The van der Waals surface area contributed by atoms with Gasteiger partial charge in [-0.3, -0.25) is 0 Å². The molecule has 2 fully saturated rings. The smallest absolute Gasteiger partial charge is 0.228 e. The summed E-state index contributed by atoms with van der Waals surface area (Å²) in [4.78, 5) is 24.6. The van der Waals surface area contributed by atoms with E-state index in [4.69, 9.17) is 14.5 Å². The Morgan fingerprint density at radius 3 is 2.56 bits per heavy atom.